The van der Waals surface area contributed by atoms with E-state index < -0.39 is 0 Å². The van der Waals surface area contributed by atoms with Gasteiger partial charge in [-0.1, -0.05) is 6.92 Å². The number of rotatable bonds is 3. The largest absolute Gasteiger partial charge is 0.396 e. The van der Waals surface area contributed by atoms with E-state index in [9.17, 15) is 0 Å². The maximum Gasteiger partial charge on any atom is 0.0719 e. The van der Waals surface area contributed by atoms with Gasteiger partial charge in [-0.2, -0.15) is 5.10 Å². The van der Waals surface area contributed by atoms with E-state index >= 15 is 0 Å². The molecule has 16 heavy (non-hydrogen) atoms. The lowest BCUT2D eigenvalue weighted by Gasteiger charge is -2.19. The van der Waals surface area contributed by atoms with Gasteiger partial charge in [0.2, 0.25) is 0 Å². The molecule has 1 atom stereocenters. The molecule has 2 N–H and O–H groups in total. The number of hydrogen-bond donors (Lipinski definition) is 1. The summed E-state index contributed by atoms with van der Waals surface area (Å²) in [7, 11) is 0. The van der Waals surface area contributed by atoms with E-state index in [1.54, 1.807) is 6.20 Å². The van der Waals surface area contributed by atoms with Crippen molar-refractivity contribution in [1.82, 2.24) is 14.7 Å². The first kappa shape index (κ1) is 11.5. The zero-order valence-electron chi connectivity index (χ0n) is 10.1. The highest BCUT2D eigenvalue weighted by molar-refractivity contribution is 5.30. The molecule has 4 nitrogen and oxygen atoms in total. The van der Waals surface area contributed by atoms with Gasteiger partial charge in [-0.25, -0.2) is 0 Å². The molecule has 0 radical (unpaired) electrons. The molecule has 1 aliphatic heterocycles. The summed E-state index contributed by atoms with van der Waals surface area (Å²) in [4.78, 5) is 2.54. The summed E-state index contributed by atoms with van der Waals surface area (Å²) in [5, 5.41) is 4.20. The highest BCUT2D eigenvalue weighted by Gasteiger charge is 2.13. The second kappa shape index (κ2) is 5.34. The van der Waals surface area contributed by atoms with Gasteiger partial charge in [0.05, 0.1) is 18.4 Å². The fourth-order valence-corrected chi connectivity index (χ4v) is 2.29. The number of likely N-dealkylation sites (tertiary alicyclic amines) is 1. The molecule has 1 unspecified atom stereocenters. The molecule has 2 rings (SSSR count). The third kappa shape index (κ3) is 3.23. The van der Waals surface area contributed by atoms with Gasteiger partial charge in [0.25, 0.3) is 0 Å². The van der Waals surface area contributed by atoms with Crippen LogP contribution in [0.5, 0.6) is 0 Å². The minimum atomic E-state index is 0.754. The Morgan fingerprint density at radius 2 is 2.25 bits per heavy atom. The number of nitrogens with zero attached hydrogens (tertiary/aromatic N) is 3. The van der Waals surface area contributed by atoms with Crippen molar-refractivity contribution in [2.75, 3.05) is 25.4 Å². The molecule has 0 bridgehead atoms. The van der Waals surface area contributed by atoms with Crippen molar-refractivity contribution in [1.29, 1.82) is 0 Å². The third-order valence-corrected chi connectivity index (χ3v) is 3.41. The first-order valence-corrected chi connectivity index (χ1v) is 6.24. The molecule has 90 valence electrons. The number of anilines is 1. The first-order chi connectivity index (χ1) is 7.74. The van der Waals surface area contributed by atoms with Gasteiger partial charge in [-0.15, -0.1) is 0 Å². The molecule has 2 heterocycles. The number of nitrogen functional groups attached to an aromatic ring is 1. The average molecular weight is 222 g/mol. The molecule has 1 fully saturated rings. The second-order valence-electron chi connectivity index (χ2n) is 4.91. The molecule has 0 aliphatic carbocycles. The summed E-state index contributed by atoms with van der Waals surface area (Å²) in [5.74, 6) is 0.894. The summed E-state index contributed by atoms with van der Waals surface area (Å²) >= 11 is 0. The molecule has 1 aromatic rings. The van der Waals surface area contributed by atoms with Crippen LogP contribution in [0.4, 0.5) is 5.69 Å². The average Bonchev–Trinajstić information content (AvgIpc) is 2.56. The first-order valence-electron chi connectivity index (χ1n) is 6.24. The van der Waals surface area contributed by atoms with Gasteiger partial charge in [0, 0.05) is 12.7 Å². The Labute approximate surface area is 97.4 Å². The van der Waals surface area contributed by atoms with Gasteiger partial charge < -0.3 is 10.6 Å². The monoisotopic (exact) mass is 222 g/mol. The highest BCUT2D eigenvalue weighted by atomic mass is 15.3. The van der Waals surface area contributed by atoms with Gasteiger partial charge in [-0.05, 0) is 38.3 Å². The summed E-state index contributed by atoms with van der Waals surface area (Å²) in [6.07, 6.45) is 7.67. The van der Waals surface area contributed by atoms with Gasteiger partial charge in [0.1, 0.15) is 0 Å². The maximum atomic E-state index is 5.63. The van der Waals surface area contributed by atoms with Crippen LogP contribution in [0.3, 0.4) is 0 Å². The Kier molecular flexibility index (Phi) is 3.83. The van der Waals surface area contributed by atoms with Gasteiger partial charge in [0.15, 0.2) is 0 Å². The van der Waals surface area contributed by atoms with Crippen LogP contribution in [0.1, 0.15) is 26.2 Å². The fraction of sp³-hybridized carbons (Fsp3) is 0.750. The molecule has 4 heteroatoms. The normalized spacial score (nSPS) is 23.2. The highest BCUT2D eigenvalue weighted by Crippen LogP contribution is 2.16. The number of aromatic nitrogens is 2. The van der Waals surface area contributed by atoms with Crippen molar-refractivity contribution in [3.63, 3.8) is 0 Å². The van der Waals surface area contributed by atoms with Gasteiger partial charge in [-0.3, -0.25) is 4.68 Å². The van der Waals surface area contributed by atoms with E-state index in [0.29, 0.717) is 0 Å². The minimum Gasteiger partial charge on any atom is -0.396 e. The van der Waals surface area contributed by atoms with Gasteiger partial charge >= 0.3 is 0 Å². The summed E-state index contributed by atoms with van der Waals surface area (Å²) in [6, 6.07) is 0. The number of hydrogen-bond acceptors (Lipinski definition) is 3. The quantitative estimate of drug-likeness (QED) is 0.844. The van der Waals surface area contributed by atoms with Crippen molar-refractivity contribution in [3.8, 4) is 0 Å². The Morgan fingerprint density at radius 3 is 3.00 bits per heavy atom. The Morgan fingerprint density at radius 1 is 1.38 bits per heavy atom. The van der Waals surface area contributed by atoms with E-state index in [4.69, 9.17) is 5.73 Å². The summed E-state index contributed by atoms with van der Waals surface area (Å²) in [6.45, 7) is 6.87. The molecule has 0 spiro atoms. The topological polar surface area (TPSA) is 47.1 Å². The molecular formula is C12H22N4. The van der Waals surface area contributed by atoms with Crippen LogP contribution in [-0.4, -0.2) is 34.3 Å². The second-order valence-corrected chi connectivity index (χ2v) is 4.91. The Balaban J connectivity index is 1.77. The lowest BCUT2D eigenvalue weighted by atomic mass is 10.0. The van der Waals surface area contributed by atoms with Crippen molar-refractivity contribution in [2.45, 2.75) is 32.7 Å². The van der Waals surface area contributed by atoms with Crippen LogP contribution in [0, 0.1) is 5.92 Å². The standard InChI is InChI=1S/C12H22N4/c1-11-3-2-5-15(6-4-11)7-8-16-10-12(13)9-14-16/h9-11H,2-8,13H2,1H3. The molecule has 0 saturated carbocycles. The van der Waals surface area contributed by atoms with Crippen LogP contribution in [0.15, 0.2) is 12.4 Å². The molecule has 1 aliphatic rings. The molecule has 0 amide bonds. The molecule has 1 saturated heterocycles. The summed E-state index contributed by atoms with van der Waals surface area (Å²) in [5.41, 5.74) is 6.39. The van der Waals surface area contributed by atoms with Crippen molar-refractivity contribution in [2.24, 2.45) is 5.92 Å². The van der Waals surface area contributed by atoms with E-state index in [2.05, 4.69) is 16.9 Å². The maximum absolute atomic E-state index is 5.63. The SMILES string of the molecule is CC1CCCN(CCn2cc(N)cn2)CC1. The number of nitrogens with two attached hydrogens (primary N) is 1. The van der Waals surface area contributed by atoms with Crippen LogP contribution in [0.2, 0.25) is 0 Å². The third-order valence-electron chi connectivity index (χ3n) is 3.41. The van der Waals surface area contributed by atoms with E-state index in [1.165, 1.54) is 32.4 Å². The zero-order valence-corrected chi connectivity index (χ0v) is 10.1. The van der Waals surface area contributed by atoms with Crippen LogP contribution < -0.4 is 5.73 Å². The van der Waals surface area contributed by atoms with Crippen LogP contribution >= 0.6 is 0 Å². The molecule has 0 aromatic carbocycles. The van der Waals surface area contributed by atoms with Crippen molar-refractivity contribution < 1.29 is 0 Å². The molecular weight excluding hydrogens is 200 g/mol. The van der Waals surface area contributed by atoms with E-state index in [0.717, 1.165) is 24.7 Å². The Hall–Kier alpha value is -1.03. The Bertz CT molecular complexity index is 321. The van der Waals surface area contributed by atoms with Crippen LogP contribution in [-0.2, 0) is 6.54 Å². The predicted octanol–water partition coefficient (Wildman–Crippen LogP) is 1.59. The van der Waals surface area contributed by atoms with Crippen molar-refractivity contribution >= 4 is 5.69 Å². The fourth-order valence-electron chi connectivity index (χ4n) is 2.29. The smallest absolute Gasteiger partial charge is 0.0719 e. The van der Waals surface area contributed by atoms with Crippen LogP contribution in [0.25, 0.3) is 0 Å². The lowest BCUT2D eigenvalue weighted by molar-refractivity contribution is 0.266. The van der Waals surface area contributed by atoms with E-state index in [1.807, 2.05) is 10.9 Å². The summed E-state index contributed by atoms with van der Waals surface area (Å²) < 4.78 is 1.93. The predicted molar refractivity (Wildman–Crippen MR) is 66.1 cm³/mol. The van der Waals surface area contributed by atoms with E-state index in [-0.39, 0.29) is 0 Å². The lowest BCUT2D eigenvalue weighted by Crippen LogP contribution is -2.28. The minimum absolute atomic E-state index is 0.754. The zero-order chi connectivity index (χ0) is 11.4. The van der Waals surface area contributed by atoms with Crippen molar-refractivity contribution in [3.05, 3.63) is 12.4 Å². The molecule has 1 aromatic heterocycles.